The van der Waals surface area contributed by atoms with Gasteiger partial charge in [0.1, 0.15) is 5.75 Å². The minimum absolute atomic E-state index is 0.108. The maximum absolute atomic E-state index is 13.2. The van der Waals surface area contributed by atoms with Crippen LogP contribution in [0.15, 0.2) is 53.4 Å². The SMILES string of the molecule is COc1ccc(C(NC(=O)c2cccc(S(=O)(=O)N3CC(C)OC(C)C3)c2)C(C)C)cc1. The van der Waals surface area contributed by atoms with Crippen LogP contribution in [0, 0.1) is 5.92 Å². The first kappa shape index (κ1) is 24.2. The Kier molecular flexibility index (Phi) is 7.59. The number of benzene rings is 2. The summed E-state index contributed by atoms with van der Waals surface area (Å²) in [6, 6.07) is 13.5. The van der Waals surface area contributed by atoms with Crippen LogP contribution in [0.1, 0.15) is 49.7 Å². The van der Waals surface area contributed by atoms with Crippen LogP contribution in [-0.2, 0) is 14.8 Å². The molecule has 1 aliphatic heterocycles. The van der Waals surface area contributed by atoms with Crippen molar-refractivity contribution in [2.24, 2.45) is 5.92 Å². The fraction of sp³-hybridized carbons (Fsp3) is 0.458. The van der Waals surface area contributed by atoms with Crippen molar-refractivity contribution in [1.82, 2.24) is 9.62 Å². The van der Waals surface area contributed by atoms with Crippen LogP contribution >= 0.6 is 0 Å². The van der Waals surface area contributed by atoms with Gasteiger partial charge in [-0.15, -0.1) is 0 Å². The van der Waals surface area contributed by atoms with Gasteiger partial charge in [0.15, 0.2) is 0 Å². The minimum atomic E-state index is -3.73. The maximum Gasteiger partial charge on any atom is 0.251 e. The highest BCUT2D eigenvalue weighted by Crippen LogP contribution is 2.26. The fourth-order valence-electron chi connectivity index (χ4n) is 3.94. The molecule has 1 N–H and O–H groups in total. The Bertz CT molecular complexity index is 1030. The quantitative estimate of drug-likeness (QED) is 0.682. The van der Waals surface area contributed by atoms with Crippen molar-refractivity contribution in [3.63, 3.8) is 0 Å². The molecule has 0 radical (unpaired) electrons. The molecular formula is C24H32N2O5S. The molecule has 3 atom stereocenters. The number of methoxy groups -OCH3 is 1. The summed E-state index contributed by atoms with van der Waals surface area (Å²) in [5.41, 5.74) is 1.26. The Morgan fingerprint density at radius 1 is 1.09 bits per heavy atom. The number of carbonyl (C=O) groups excluding carboxylic acids is 1. The summed E-state index contributed by atoms with van der Waals surface area (Å²) < 4.78 is 38.7. The molecule has 2 aromatic carbocycles. The van der Waals surface area contributed by atoms with Crippen LogP contribution in [-0.4, -0.2) is 51.0 Å². The van der Waals surface area contributed by atoms with Crippen LogP contribution in [0.4, 0.5) is 0 Å². The first-order valence-corrected chi connectivity index (χ1v) is 12.3. The first-order chi connectivity index (χ1) is 15.1. The van der Waals surface area contributed by atoms with Gasteiger partial charge < -0.3 is 14.8 Å². The molecule has 0 aromatic heterocycles. The molecule has 1 aliphatic rings. The Morgan fingerprint density at radius 2 is 1.72 bits per heavy atom. The lowest BCUT2D eigenvalue weighted by atomic mass is 9.95. The Balaban J connectivity index is 1.82. The highest BCUT2D eigenvalue weighted by Gasteiger charge is 2.32. The largest absolute Gasteiger partial charge is 0.497 e. The molecule has 1 saturated heterocycles. The highest BCUT2D eigenvalue weighted by molar-refractivity contribution is 7.89. The molecule has 1 fully saturated rings. The van der Waals surface area contributed by atoms with Gasteiger partial charge in [-0.3, -0.25) is 4.79 Å². The van der Waals surface area contributed by atoms with E-state index in [1.807, 2.05) is 52.0 Å². The number of rotatable bonds is 7. The van der Waals surface area contributed by atoms with Crippen LogP contribution in [0.5, 0.6) is 5.75 Å². The molecule has 0 spiro atoms. The van der Waals surface area contributed by atoms with Crippen molar-refractivity contribution in [1.29, 1.82) is 0 Å². The van der Waals surface area contributed by atoms with Gasteiger partial charge in [-0.05, 0) is 55.7 Å². The summed E-state index contributed by atoms with van der Waals surface area (Å²) >= 11 is 0. The maximum atomic E-state index is 13.2. The van der Waals surface area contributed by atoms with E-state index in [9.17, 15) is 13.2 Å². The molecule has 1 heterocycles. The normalized spacial score (nSPS) is 20.7. The van der Waals surface area contributed by atoms with Gasteiger partial charge in [0.2, 0.25) is 10.0 Å². The second kappa shape index (κ2) is 10.0. The number of nitrogens with zero attached hydrogens (tertiary/aromatic N) is 1. The van der Waals surface area contributed by atoms with Crippen LogP contribution in [0.2, 0.25) is 0 Å². The molecule has 8 heteroatoms. The van der Waals surface area contributed by atoms with Crippen molar-refractivity contribution in [3.05, 3.63) is 59.7 Å². The second-order valence-electron chi connectivity index (χ2n) is 8.58. The smallest absolute Gasteiger partial charge is 0.251 e. The minimum Gasteiger partial charge on any atom is -0.497 e. The molecular weight excluding hydrogens is 428 g/mol. The Morgan fingerprint density at radius 3 is 2.28 bits per heavy atom. The number of morpholine rings is 1. The standard InChI is InChI=1S/C24H32N2O5S/c1-16(2)23(19-9-11-21(30-5)12-10-19)25-24(27)20-7-6-8-22(13-20)32(28,29)26-14-17(3)31-18(4)15-26/h6-13,16-18,23H,14-15H2,1-5H3,(H,25,27). The lowest BCUT2D eigenvalue weighted by Crippen LogP contribution is -2.48. The number of hydrogen-bond acceptors (Lipinski definition) is 5. The third-order valence-electron chi connectivity index (χ3n) is 5.55. The van der Waals surface area contributed by atoms with E-state index >= 15 is 0 Å². The molecule has 0 aliphatic carbocycles. The molecule has 174 valence electrons. The average molecular weight is 461 g/mol. The Labute approximate surface area is 190 Å². The van der Waals surface area contributed by atoms with Crippen molar-refractivity contribution in [3.8, 4) is 5.75 Å². The van der Waals surface area contributed by atoms with Crippen LogP contribution < -0.4 is 10.1 Å². The van der Waals surface area contributed by atoms with Crippen molar-refractivity contribution in [2.45, 2.75) is 50.8 Å². The van der Waals surface area contributed by atoms with E-state index in [-0.39, 0.29) is 48.1 Å². The first-order valence-electron chi connectivity index (χ1n) is 10.8. The van der Waals surface area contributed by atoms with Gasteiger partial charge in [-0.2, -0.15) is 4.31 Å². The zero-order valence-corrected chi connectivity index (χ0v) is 20.1. The molecule has 0 saturated carbocycles. The van der Waals surface area contributed by atoms with E-state index < -0.39 is 10.0 Å². The summed E-state index contributed by atoms with van der Waals surface area (Å²) in [6.45, 7) is 8.33. The average Bonchev–Trinajstić information content (AvgIpc) is 2.76. The van der Waals surface area contributed by atoms with E-state index in [4.69, 9.17) is 9.47 Å². The monoisotopic (exact) mass is 460 g/mol. The summed E-state index contributed by atoms with van der Waals surface area (Å²) in [5.74, 6) is 0.558. The van der Waals surface area contributed by atoms with Gasteiger partial charge in [0.25, 0.3) is 5.91 Å². The summed E-state index contributed by atoms with van der Waals surface area (Å²) in [5, 5.41) is 3.05. The van der Waals surface area contributed by atoms with E-state index in [1.54, 1.807) is 19.2 Å². The van der Waals surface area contributed by atoms with E-state index in [1.165, 1.54) is 16.4 Å². The van der Waals surface area contributed by atoms with Crippen molar-refractivity contribution >= 4 is 15.9 Å². The van der Waals surface area contributed by atoms with Gasteiger partial charge in [-0.1, -0.05) is 32.0 Å². The summed E-state index contributed by atoms with van der Waals surface area (Å²) in [7, 11) is -2.12. The summed E-state index contributed by atoms with van der Waals surface area (Å²) in [4.78, 5) is 13.2. The van der Waals surface area contributed by atoms with Gasteiger partial charge in [0, 0.05) is 18.7 Å². The van der Waals surface area contributed by atoms with Crippen molar-refractivity contribution in [2.75, 3.05) is 20.2 Å². The second-order valence-corrected chi connectivity index (χ2v) is 10.5. The fourth-order valence-corrected chi connectivity index (χ4v) is 5.58. The molecule has 7 nitrogen and oxygen atoms in total. The van der Waals surface area contributed by atoms with Crippen molar-refractivity contribution < 1.29 is 22.7 Å². The van der Waals surface area contributed by atoms with Crippen LogP contribution in [0.3, 0.4) is 0 Å². The molecule has 3 rings (SSSR count). The Hall–Kier alpha value is -2.42. The predicted octanol–water partition coefficient (Wildman–Crippen LogP) is 3.62. The van der Waals surface area contributed by atoms with E-state index in [0.29, 0.717) is 5.56 Å². The zero-order valence-electron chi connectivity index (χ0n) is 19.2. The van der Waals surface area contributed by atoms with Crippen LogP contribution in [0.25, 0.3) is 0 Å². The number of hydrogen-bond donors (Lipinski definition) is 1. The molecule has 0 bridgehead atoms. The number of ether oxygens (including phenoxy) is 2. The number of carbonyl (C=O) groups is 1. The lowest BCUT2D eigenvalue weighted by molar-refractivity contribution is -0.0440. The third-order valence-corrected chi connectivity index (χ3v) is 7.38. The number of sulfonamides is 1. The molecule has 2 aromatic rings. The lowest BCUT2D eigenvalue weighted by Gasteiger charge is -2.34. The molecule has 1 amide bonds. The van der Waals surface area contributed by atoms with Gasteiger partial charge in [-0.25, -0.2) is 8.42 Å². The number of nitrogens with one attached hydrogen (secondary N) is 1. The molecule has 32 heavy (non-hydrogen) atoms. The topological polar surface area (TPSA) is 84.9 Å². The zero-order chi connectivity index (χ0) is 23.5. The van der Waals surface area contributed by atoms with E-state index in [0.717, 1.165) is 11.3 Å². The summed E-state index contributed by atoms with van der Waals surface area (Å²) in [6.07, 6.45) is -0.368. The predicted molar refractivity (Wildman–Crippen MR) is 123 cm³/mol. The molecule has 3 unspecified atom stereocenters. The third kappa shape index (κ3) is 5.49. The van der Waals surface area contributed by atoms with Gasteiger partial charge in [0.05, 0.1) is 30.3 Å². The highest BCUT2D eigenvalue weighted by atomic mass is 32.2. The van der Waals surface area contributed by atoms with Gasteiger partial charge >= 0.3 is 0 Å². The van der Waals surface area contributed by atoms with E-state index in [2.05, 4.69) is 5.32 Å². The number of amides is 1.